The number of hydrogen-bond donors (Lipinski definition) is 2. The number of benzene rings is 2. The van der Waals surface area contributed by atoms with E-state index in [1.807, 2.05) is 38.1 Å². The van der Waals surface area contributed by atoms with Gasteiger partial charge in [0, 0.05) is 11.9 Å². The van der Waals surface area contributed by atoms with Crippen LogP contribution in [0.25, 0.3) is 0 Å². The zero-order valence-electron chi connectivity index (χ0n) is 13.3. The first-order valence-electron chi connectivity index (χ1n) is 7.20. The first kappa shape index (κ1) is 17.4. The van der Waals surface area contributed by atoms with Crippen LogP contribution in [0, 0.1) is 6.92 Å². The van der Waals surface area contributed by atoms with Crippen molar-refractivity contribution in [3.63, 3.8) is 0 Å². The molecule has 0 aromatic heterocycles. The standard InChI is InChI=1S/C17H20N2O2S2/c1-12-5-4-6-15(11-12)19-17(22)18-13(2)14-7-9-16(10-8-14)23(3,20)21/h4-11,13H,1-3H3,(H2,18,19,22)/t13-/m1/s1. The molecular weight excluding hydrogens is 328 g/mol. The lowest BCUT2D eigenvalue weighted by Gasteiger charge is -2.18. The second-order valence-electron chi connectivity index (χ2n) is 5.53. The zero-order valence-corrected chi connectivity index (χ0v) is 15.0. The summed E-state index contributed by atoms with van der Waals surface area (Å²) in [6.07, 6.45) is 1.20. The van der Waals surface area contributed by atoms with E-state index >= 15 is 0 Å². The lowest BCUT2D eigenvalue weighted by Crippen LogP contribution is -2.30. The zero-order chi connectivity index (χ0) is 17.0. The van der Waals surface area contributed by atoms with Crippen LogP contribution in [0.5, 0.6) is 0 Å². The van der Waals surface area contributed by atoms with Gasteiger partial charge in [-0.1, -0.05) is 24.3 Å². The molecule has 6 heteroatoms. The van der Waals surface area contributed by atoms with Crippen LogP contribution in [0.2, 0.25) is 0 Å². The molecule has 0 amide bonds. The van der Waals surface area contributed by atoms with Crippen molar-refractivity contribution in [3.05, 3.63) is 59.7 Å². The van der Waals surface area contributed by atoms with Gasteiger partial charge in [-0.2, -0.15) is 0 Å². The van der Waals surface area contributed by atoms with Crippen molar-refractivity contribution in [2.45, 2.75) is 24.8 Å². The molecule has 0 radical (unpaired) electrons. The molecule has 0 spiro atoms. The molecule has 0 aliphatic heterocycles. The van der Waals surface area contributed by atoms with Crippen LogP contribution in [-0.4, -0.2) is 19.8 Å². The molecule has 0 saturated heterocycles. The van der Waals surface area contributed by atoms with Crippen LogP contribution in [0.4, 0.5) is 5.69 Å². The molecule has 23 heavy (non-hydrogen) atoms. The summed E-state index contributed by atoms with van der Waals surface area (Å²) in [5, 5.41) is 6.86. The molecule has 0 heterocycles. The predicted molar refractivity (Wildman–Crippen MR) is 98.5 cm³/mol. The van der Waals surface area contributed by atoms with Gasteiger partial charge in [0.2, 0.25) is 0 Å². The average molecular weight is 348 g/mol. The Bertz CT molecular complexity index is 800. The van der Waals surface area contributed by atoms with Gasteiger partial charge < -0.3 is 10.6 Å². The first-order valence-corrected chi connectivity index (χ1v) is 9.50. The van der Waals surface area contributed by atoms with Crippen molar-refractivity contribution in [1.29, 1.82) is 0 Å². The number of anilines is 1. The van der Waals surface area contributed by atoms with Gasteiger partial charge >= 0.3 is 0 Å². The lowest BCUT2D eigenvalue weighted by molar-refractivity contribution is 0.601. The van der Waals surface area contributed by atoms with E-state index in [0.29, 0.717) is 10.0 Å². The Morgan fingerprint density at radius 2 is 1.78 bits per heavy atom. The van der Waals surface area contributed by atoms with Gasteiger partial charge in [-0.3, -0.25) is 0 Å². The SMILES string of the molecule is Cc1cccc(NC(=S)N[C@H](C)c2ccc(S(C)(=O)=O)cc2)c1. The monoisotopic (exact) mass is 348 g/mol. The second kappa shape index (κ2) is 7.10. The fourth-order valence-corrected chi connectivity index (χ4v) is 3.10. The maximum Gasteiger partial charge on any atom is 0.175 e. The minimum atomic E-state index is -3.17. The molecule has 1 atom stereocenters. The van der Waals surface area contributed by atoms with Crippen LogP contribution >= 0.6 is 12.2 Å². The molecule has 0 aliphatic rings. The van der Waals surface area contributed by atoms with Gasteiger partial charge in [-0.25, -0.2) is 8.42 Å². The van der Waals surface area contributed by atoms with Gasteiger partial charge in [-0.15, -0.1) is 0 Å². The summed E-state index contributed by atoms with van der Waals surface area (Å²) in [6.45, 7) is 3.99. The largest absolute Gasteiger partial charge is 0.356 e. The normalized spacial score (nSPS) is 12.5. The maximum absolute atomic E-state index is 11.5. The Kier molecular flexibility index (Phi) is 5.38. The van der Waals surface area contributed by atoms with Gasteiger partial charge in [-0.05, 0) is 61.5 Å². The van der Waals surface area contributed by atoms with Crippen LogP contribution < -0.4 is 10.6 Å². The highest BCUT2D eigenvalue weighted by molar-refractivity contribution is 7.90. The average Bonchev–Trinajstić information content (AvgIpc) is 2.46. The predicted octanol–water partition coefficient (Wildman–Crippen LogP) is 3.45. The molecule has 0 unspecified atom stereocenters. The third kappa shape index (κ3) is 5.04. The van der Waals surface area contributed by atoms with Crippen molar-refractivity contribution >= 4 is 32.9 Å². The molecule has 0 fully saturated rings. The Balaban J connectivity index is 2.01. The minimum Gasteiger partial charge on any atom is -0.356 e. The van der Waals surface area contributed by atoms with Gasteiger partial charge in [0.05, 0.1) is 10.9 Å². The number of thiocarbonyl (C=S) groups is 1. The molecule has 0 bridgehead atoms. The number of sulfone groups is 1. The van der Waals surface area contributed by atoms with E-state index in [9.17, 15) is 8.42 Å². The third-order valence-corrected chi connectivity index (χ3v) is 4.78. The summed E-state index contributed by atoms with van der Waals surface area (Å²) in [4.78, 5) is 0.314. The highest BCUT2D eigenvalue weighted by Gasteiger charge is 2.10. The Labute approximate surface area is 142 Å². The summed E-state index contributed by atoms with van der Waals surface area (Å²) in [5.41, 5.74) is 3.05. The van der Waals surface area contributed by atoms with E-state index in [2.05, 4.69) is 10.6 Å². The number of rotatable bonds is 4. The van der Waals surface area contributed by atoms with Crippen molar-refractivity contribution in [2.24, 2.45) is 0 Å². The van der Waals surface area contributed by atoms with Crippen LogP contribution in [0.3, 0.4) is 0 Å². The summed E-state index contributed by atoms with van der Waals surface area (Å²) in [5.74, 6) is 0. The van der Waals surface area contributed by atoms with Crippen LogP contribution in [0.15, 0.2) is 53.4 Å². The molecular formula is C17H20N2O2S2. The molecule has 122 valence electrons. The maximum atomic E-state index is 11.5. The Hall–Kier alpha value is -1.92. The van der Waals surface area contributed by atoms with Crippen molar-refractivity contribution in [2.75, 3.05) is 11.6 Å². The van der Waals surface area contributed by atoms with E-state index < -0.39 is 9.84 Å². The van der Waals surface area contributed by atoms with Gasteiger partial charge in [0.1, 0.15) is 0 Å². The number of hydrogen-bond acceptors (Lipinski definition) is 3. The van der Waals surface area contributed by atoms with Gasteiger partial charge in [0.15, 0.2) is 14.9 Å². The van der Waals surface area contributed by atoms with E-state index in [-0.39, 0.29) is 6.04 Å². The van der Waals surface area contributed by atoms with E-state index in [1.165, 1.54) is 6.26 Å². The smallest absolute Gasteiger partial charge is 0.175 e. The van der Waals surface area contributed by atoms with E-state index in [0.717, 1.165) is 16.8 Å². The van der Waals surface area contributed by atoms with Crippen LogP contribution in [-0.2, 0) is 9.84 Å². The summed E-state index contributed by atoms with van der Waals surface area (Å²) in [7, 11) is -3.17. The lowest BCUT2D eigenvalue weighted by atomic mass is 10.1. The quantitative estimate of drug-likeness (QED) is 0.829. The summed E-state index contributed by atoms with van der Waals surface area (Å²) in [6, 6.07) is 14.7. The molecule has 4 nitrogen and oxygen atoms in total. The minimum absolute atomic E-state index is 0.0339. The third-order valence-electron chi connectivity index (χ3n) is 3.43. The first-order chi connectivity index (χ1) is 10.8. The highest BCUT2D eigenvalue weighted by atomic mass is 32.2. The van der Waals surface area contributed by atoms with E-state index in [1.54, 1.807) is 24.3 Å². The fraction of sp³-hybridized carbons (Fsp3) is 0.235. The molecule has 0 saturated carbocycles. The summed E-state index contributed by atoms with van der Waals surface area (Å²) < 4.78 is 23.0. The number of aryl methyl sites for hydroxylation is 1. The number of nitrogens with one attached hydrogen (secondary N) is 2. The topological polar surface area (TPSA) is 58.2 Å². The fourth-order valence-electron chi connectivity index (χ4n) is 2.17. The highest BCUT2D eigenvalue weighted by Crippen LogP contribution is 2.17. The van der Waals surface area contributed by atoms with Crippen molar-refractivity contribution in [1.82, 2.24) is 5.32 Å². The summed E-state index contributed by atoms with van der Waals surface area (Å²) >= 11 is 5.32. The Morgan fingerprint density at radius 1 is 1.13 bits per heavy atom. The molecule has 2 rings (SSSR count). The molecule has 2 N–H and O–H groups in total. The van der Waals surface area contributed by atoms with Crippen molar-refractivity contribution in [3.8, 4) is 0 Å². The van der Waals surface area contributed by atoms with Crippen molar-refractivity contribution < 1.29 is 8.42 Å². The second-order valence-corrected chi connectivity index (χ2v) is 7.95. The molecule has 0 aliphatic carbocycles. The Morgan fingerprint density at radius 3 is 2.35 bits per heavy atom. The van der Waals surface area contributed by atoms with E-state index in [4.69, 9.17) is 12.2 Å². The molecule has 2 aromatic rings. The molecule has 2 aromatic carbocycles. The van der Waals surface area contributed by atoms with Crippen LogP contribution in [0.1, 0.15) is 24.1 Å². The van der Waals surface area contributed by atoms with Gasteiger partial charge in [0.25, 0.3) is 0 Å².